The van der Waals surface area contributed by atoms with Crippen molar-refractivity contribution in [3.05, 3.63) is 0 Å². The molecule has 0 radical (unpaired) electrons. The van der Waals surface area contributed by atoms with Crippen molar-refractivity contribution in [1.29, 1.82) is 0 Å². The van der Waals surface area contributed by atoms with E-state index in [9.17, 15) is 19.5 Å². The number of primary amides is 1. The molecule has 110 valence electrons. The van der Waals surface area contributed by atoms with Crippen LogP contribution in [-0.4, -0.2) is 28.9 Å². The zero-order valence-corrected chi connectivity index (χ0v) is 12.0. The van der Waals surface area contributed by atoms with Crippen LogP contribution in [0.3, 0.4) is 0 Å². The summed E-state index contributed by atoms with van der Waals surface area (Å²) in [6, 6.07) is -0.771. The van der Waals surface area contributed by atoms with Gasteiger partial charge in [0, 0.05) is 6.42 Å². The van der Waals surface area contributed by atoms with Crippen LogP contribution in [0.5, 0.6) is 0 Å². The molecule has 0 aromatic carbocycles. The maximum Gasteiger partial charge on any atom is 0.310 e. The smallest absolute Gasteiger partial charge is 0.310 e. The first-order valence-corrected chi connectivity index (χ1v) is 6.52. The predicted octanol–water partition coefficient (Wildman–Crippen LogP) is 0.894. The Labute approximate surface area is 113 Å². The second kappa shape index (κ2) is 7.11. The fourth-order valence-electron chi connectivity index (χ4n) is 1.98. The van der Waals surface area contributed by atoms with Gasteiger partial charge in [-0.05, 0) is 18.8 Å². The normalized spacial score (nSPS) is 13.1. The molecule has 0 saturated heterocycles. The fourth-order valence-corrected chi connectivity index (χ4v) is 1.98. The van der Waals surface area contributed by atoms with E-state index in [4.69, 9.17) is 5.73 Å². The molecule has 6 heteroatoms. The second-order valence-electron chi connectivity index (χ2n) is 5.16. The van der Waals surface area contributed by atoms with Crippen LogP contribution in [0, 0.1) is 11.3 Å². The van der Waals surface area contributed by atoms with E-state index in [1.54, 1.807) is 27.7 Å². The third-order valence-corrected chi connectivity index (χ3v) is 3.60. The van der Waals surface area contributed by atoms with Crippen molar-refractivity contribution in [2.24, 2.45) is 17.1 Å². The molecule has 0 saturated carbocycles. The third-order valence-electron chi connectivity index (χ3n) is 3.60. The second-order valence-corrected chi connectivity index (χ2v) is 5.16. The van der Waals surface area contributed by atoms with E-state index in [2.05, 4.69) is 5.32 Å². The lowest BCUT2D eigenvalue weighted by Crippen LogP contribution is -2.49. The molecule has 0 bridgehead atoms. The molecule has 0 aromatic rings. The summed E-state index contributed by atoms with van der Waals surface area (Å²) < 4.78 is 0. The maximum absolute atomic E-state index is 11.9. The summed E-state index contributed by atoms with van der Waals surface area (Å²) in [5.41, 5.74) is 4.12. The minimum atomic E-state index is -1.08. The number of aliphatic carboxylic acids is 1. The highest BCUT2D eigenvalue weighted by Gasteiger charge is 2.38. The molecule has 0 spiro atoms. The van der Waals surface area contributed by atoms with Crippen LogP contribution in [0.2, 0.25) is 0 Å². The number of amides is 2. The summed E-state index contributed by atoms with van der Waals surface area (Å²) in [4.78, 5) is 34.4. The summed E-state index contributed by atoms with van der Waals surface area (Å²) in [6.07, 6.45) is 0.566. The standard InChI is InChI=1S/C13H24N2O4/c1-5-13(6-2,12(18)19)7-9(16)15-10(8(3)4)11(14)17/h8,10H,5-7H2,1-4H3,(H2,14,17)(H,15,16)(H,18,19). The molecule has 1 unspecified atom stereocenters. The first-order valence-electron chi connectivity index (χ1n) is 6.52. The van der Waals surface area contributed by atoms with Crippen molar-refractivity contribution in [3.63, 3.8) is 0 Å². The summed E-state index contributed by atoms with van der Waals surface area (Å²) in [6.45, 7) is 7.00. The minimum absolute atomic E-state index is 0.135. The topological polar surface area (TPSA) is 109 Å². The van der Waals surface area contributed by atoms with E-state index in [0.717, 1.165) is 0 Å². The quantitative estimate of drug-likeness (QED) is 0.609. The fraction of sp³-hybridized carbons (Fsp3) is 0.769. The Balaban J connectivity index is 4.85. The summed E-state index contributed by atoms with van der Waals surface area (Å²) in [7, 11) is 0. The van der Waals surface area contributed by atoms with Gasteiger partial charge < -0.3 is 16.2 Å². The zero-order chi connectivity index (χ0) is 15.2. The first kappa shape index (κ1) is 17.4. The number of rotatable bonds is 8. The average molecular weight is 272 g/mol. The molecule has 19 heavy (non-hydrogen) atoms. The molecule has 0 aliphatic carbocycles. The van der Waals surface area contributed by atoms with Crippen molar-refractivity contribution >= 4 is 17.8 Å². The van der Waals surface area contributed by atoms with E-state index in [-0.39, 0.29) is 12.3 Å². The SMILES string of the molecule is CCC(CC)(CC(=O)NC(C(N)=O)C(C)C)C(=O)O. The van der Waals surface area contributed by atoms with Crippen LogP contribution >= 0.6 is 0 Å². The van der Waals surface area contributed by atoms with Gasteiger partial charge in [-0.15, -0.1) is 0 Å². The van der Waals surface area contributed by atoms with E-state index in [0.29, 0.717) is 12.8 Å². The van der Waals surface area contributed by atoms with Crippen LogP contribution in [0.25, 0.3) is 0 Å². The summed E-state index contributed by atoms with van der Waals surface area (Å²) in [5.74, 6) is -2.20. The number of carbonyl (C=O) groups excluding carboxylic acids is 2. The van der Waals surface area contributed by atoms with Crippen molar-refractivity contribution < 1.29 is 19.5 Å². The van der Waals surface area contributed by atoms with Crippen molar-refractivity contribution in [2.45, 2.75) is 53.0 Å². The van der Waals surface area contributed by atoms with Crippen molar-refractivity contribution in [1.82, 2.24) is 5.32 Å². The molecule has 0 rings (SSSR count). The highest BCUT2D eigenvalue weighted by Crippen LogP contribution is 2.30. The van der Waals surface area contributed by atoms with Crippen molar-refractivity contribution in [3.8, 4) is 0 Å². The molecule has 6 nitrogen and oxygen atoms in total. The minimum Gasteiger partial charge on any atom is -0.481 e. The highest BCUT2D eigenvalue weighted by molar-refractivity contribution is 5.89. The lowest BCUT2D eigenvalue weighted by atomic mass is 9.79. The molecule has 2 amide bonds. The van der Waals surface area contributed by atoms with Gasteiger partial charge in [0.05, 0.1) is 5.41 Å². The van der Waals surface area contributed by atoms with E-state index in [1.165, 1.54) is 0 Å². The molecule has 1 atom stereocenters. The third kappa shape index (κ3) is 4.54. The van der Waals surface area contributed by atoms with Gasteiger partial charge in [-0.25, -0.2) is 0 Å². The number of hydrogen-bond donors (Lipinski definition) is 3. The Morgan fingerprint density at radius 2 is 1.68 bits per heavy atom. The number of carboxylic acid groups (broad SMARTS) is 1. The Hall–Kier alpha value is -1.59. The number of hydrogen-bond acceptors (Lipinski definition) is 3. The number of nitrogens with two attached hydrogens (primary N) is 1. The van der Waals surface area contributed by atoms with Gasteiger partial charge in [-0.3, -0.25) is 14.4 Å². The van der Waals surface area contributed by atoms with Gasteiger partial charge in [0.25, 0.3) is 0 Å². The first-order chi connectivity index (χ1) is 8.70. The van der Waals surface area contributed by atoms with E-state index >= 15 is 0 Å². The lowest BCUT2D eigenvalue weighted by molar-refractivity contribution is -0.152. The highest BCUT2D eigenvalue weighted by atomic mass is 16.4. The van der Waals surface area contributed by atoms with Gasteiger partial charge in [0.2, 0.25) is 11.8 Å². The molecular weight excluding hydrogens is 248 g/mol. The van der Waals surface area contributed by atoms with E-state index in [1.807, 2.05) is 0 Å². The Kier molecular flexibility index (Phi) is 6.52. The van der Waals surface area contributed by atoms with Crippen LogP contribution in [0.4, 0.5) is 0 Å². The monoisotopic (exact) mass is 272 g/mol. The maximum atomic E-state index is 11.9. The largest absolute Gasteiger partial charge is 0.481 e. The number of carboxylic acids is 1. The lowest BCUT2D eigenvalue weighted by Gasteiger charge is -2.27. The van der Waals surface area contributed by atoms with Gasteiger partial charge in [-0.1, -0.05) is 27.7 Å². The molecule has 0 aliphatic heterocycles. The summed E-state index contributed by atoms with van der Waals surface area (Å²) in [5, 5.41) is 11.8. The molecule has 0 aromatic heterocycles. The number of nitrogens with one attached hydrogen (secondary N) is 1. The van der Waals surface area contributed by atoms with Gasteiger partial charge in [0.1, 0.15) is 6.04 Å². The van der Waals surface area contributed by atoms with Crippen LogP contribution in [0.1, 0.15) is 47.0 Å². The Morgan fingerprint density at radius 1 is 1.21 bits per heavy atom. The van der Waals surface area contributed by atoms with Crippen LogP contribution in [0.15, 0.2) is 0 Å². The Morgan fingerprint density at radius 3 is 1.95 bits per heavy atom. The van der Waals surface area contributed by atoms with Gasteiger partial charge in [0.15, 0.2) is 0 Å². The molecule has 4 N–H and O–H groups in total. The zero-order valence-electron chi connectivity index (χ0n) is 12.0. The Bertz CT molecular complexity index is 349. The van der Waals surface area contributed by atoms with Crippen molar-refractivity contribution in [2.75, 3.05) is 0 Å². The number of carbonyl (C=O) groups is 3. The average Bonchev–Trinajstić information content (AvgIpc) is 2.31. The molecule has 0 fully saturated rings. The van der Waals surface area contributed by atoms with Gasteiger partial charge in [-0.2, -0.15) is 0 Å². The predicted molar refractivity (Wildman–Crippen MR) is 71.2 cm³/mol. The molecular formula is C13H24N2O4. The summed E-state index contributed by atoms with van der Waals surface area (Å²) >= 11 is 0. The molecule has 0 heterocycles. The van der Waals surface area contributed by atoms with Gasteiger partial charge >= 0.3 is 5.97 Å². The van der Waals surface area contributed by atoms with E-state index < -0.39 is 29.2 Å². The molecule has 0 aliphatic rings. The van der Waals surface area contributed by atoms with Crippen LogP contribution in [-0.2, 0) is 14.4 Å². The van der Waals surface area contributed by atoms with Crippen LogP contribution < -0.4 is 11.1 Å².